The summed E-state index contributed by atoms with van der Waals surface area (Å²) in [6, 6.07) is 13.6. The number of imidazole rings is 2. The van der Waals surface area contributed by atoms with E-state index in [-0.39, 0.29) is 23.0 Å². The van der Waals surface area contributed by atoms with Crippen LogP contribution in [0.4, 0.5) is 0 Å². The Hall–Kier alpha value is -5.10. The van der Waals surface area contributed by atoms with Gasteiger partial charge in [-0.15, -0.1) is 0 Å². The summed E-state index contributed by atoms with van der Waals surface area (Å²) in [7, 11) is 1.69. The first-order valence-electron chi connectivity index (χ1n) is 12.7. The van der Waals surface area contributed by atoms with E-state index in [2.05, 4.69) is 19.9 Å². The molecular formula is C28H25N7O5. The quantitative estimate of drug-likeness (QED) is 0.318. The molecule has 4 aromatic heterocycles. The number of aromatic nitrogens is 6. The average Bonchev–Trinajstić information content (AvgIpc) is 3.64. The highest BCUT2D eigenvalue weighted by Gasteiger charge is 2.30. The van der Waals surface area contributed by atoms with Gasteiger partial charge >= 0.3 is 17.6 Å². The second-order valence-corrected chi connectivity index (χ2v) is 9.72. The monoisotopic (exact) mass is 539 g/mol. The van der Waals surface area contributed by atoms with Gasteiger partial charge in [-0.25, -0.2) is 24.4 Å². The van der Waals surface area contributed by atoms with Crippen LogP contribution in [0, 0.1) is 0 Å². The minimum Gasteiger partial charge on any atom is -0.478 e. The van der Waals surface area contributed by atoms with Gasteiger partial charge in [0.1, 0.15) is 11.5 Å². The van der Waals surface area contributed by atoms with Crippen LogP contribution >= 0.6 is 0 Å². The number of carbonyl (C=O) groups is 2. The van der Waals surface area contributed by atoms with E-state index in [1.165, 1.54) is 18.3 Å². The molecule has 1 aromatic carbocycles. The molecule has 0 unspecified atom stereocenters. The van der Waals surface area contributed by atoms with Crippen LogP contribution in [0.2, 0.25) is 0 Å². The molecule has 0 radical (unpaired) electrons. The Balaban J connectivity index is 1.29. The number of rotatable bonds is 7. The van der Waals surface area contributed by atoms with Crippen LogP contribution in [0.1, 0.15) is 39.1 Å². The summed E-state index contributed by atoms with van der Waals surface area (Å²) in [6.07, 6.45) is 5.38. The standard InChI is InChI=1S/C28H25N7O5/c1-32-23(27(38)39)14-31-24(32)16-33-12-10-20(15-33)35-25-22(3-2-11-29-25)34(28(35)40)19-8-9-21(30-13-19)17-4-6-18(7-5-17)26(36)37/h2-9,11,13-14,20H,10,12,15-16H2,1H3,(H,36,37)(H,38,39)/t20-/m1/s1. The Morgan fingerprint density at radius 1 is 0.975 bits per heavy atom. The van der Waals surface area contributed by atoms with E-state index in [1.807, 2.05) is 12.1 Å². The summed E-state index contributed by atoms with van der Waals surface area (Å²) in [5.41, 5.74) is 3.38. The summed E-state index contributed by atoms with van der Waals surface area (Å²) < 4.78 is 4.91. The third-order valence-corrected chi connectivity index (χ3v) is 7.35. The lowest BCUT2D eigenvalue weighted by Crippen LogP contribution is -2.29. The van der Waals surface area contributed by atoms with Crippen molar-refractivity contribution >= 4 is 23.1 Å². The molecule has 1 fully saturated rings. The fraction of sp³-hybridized carbons (Fsp3) is 0.214. The van der Waals surface area contributed by atoms with Crippen molar-refractivity contribution in [3.63, 3.8) is 0 Å². The molecule has 0 bridgehead atoms. The largest absolute Gasteiger partial charge is 0.478 e. The third kappa shape index (κ3) is 4.33. The van der Waals surface area contributed by atoms with Crippen molar-refractivity contribution in [3.8, 4) is 16.9 Å². The highest BCUT2D eigenvalue weighted by atomic mass is 16.4. The van der Waals surface area contributed by atoms with Gasteiger partial charge in [-0.2, -0.15) is 0 Å². The highest BCUT2D eigenvalue weighted by Crippen LogP contribution is 2.27. The van der Waals surface area contributed by atoms with Crippen molar-refractivity contribution in [2.24, 2.45) is 7.05 Å². The maximum absolute atomic E-state index is 13.8. The Morgan fingerprint density at radius 2 is 1.77 bits per heavy atom. The third-order valence-electron chi connectivity index (χ3n) is 7.35. The lowest BCUT2D eigenvalue weighted by Gasteiger charge is -2.16. The second-order valence-electron chi connectivity index (χ2n) is 9.72. The zero-order chi connectivity index (χ0) is 28.0. The summed E-state index contributed by atoms with van der Waals surface area (Å²) in [6.45, 7) is 1.79. The van der Waals surface area contributed by atoms with Gasteiger partial charge in [0, 0.05) is 31.9 Å². The molecule has 12 heteroatoms. The number of hydrogen-bond acceptors (Lipinski definition) is 7. The van der Waals surface area contributed by atoms with Gasteiger partial charge in [0.25, 0.3) is 0 Å². The highest BCUT2D eigenvalue weighted by molar-refractivity contribution is 5.88. The van der Waals surface area contributed by atoms with E-state index >= 15 is 0 Å². The predicted molar refractivity (Wildman–Crippen MR) is 145 cm³/mol. The zero-order valence-corrected chi connectivity index (χ0v) is 21.5. The van der Waals surface area contributed by atoms with E-state index in [9.17, 15) is 19.5 Å². The van der Waals surface area contributed by atoms with Crippen LogP contribution in [0.25, 0.3) is 28.1 Å². The molecule has 40 heavy (non-hydrogen) atoms. The van der Waals surface area contributed by atoms with E-state index in [0.29, 0.717) is 41.5 Å². The molecule has 202 valence electrons. The molecule has 0 saturated carbocycles. The first kappa shape index (κ1) is 25.2. The van der Waals surface area contributed by atoms with Crippen LogP contribution in [0.15, 0.2) is 71.9 Å². The molecule has 1 aliphatic rings. The maximum Gasteiger partial charge on any atom is 0.354 e. The fourth-order valence-electron chi connectivity index (χ4n) is 5.26. The number of aromatic carboxylic acids is 2. The van der Waals surface area contributed by atoms with Gasteiger partial charge in [-0.3, -0.25) is 19.0 Å². The van der Waals surface area contributed by atoms with E-state index in [0.717, 1.165) is 18.5 Å². The molecule has 1 aliphatic heterocycles. The van der Waals surface area contributed by atoms with E-state index < -0.39 is 11.9 Å². The SMILES string of the molecule is Cn1c(C(=O)O)cnc1CN1CC[C@@H](n2c(=O)n(-c3ccc(-c4ccc(C(=O)O)cc4)nc3)c3cccnc32)C1. The molecule has 0 amide bonds. The lowest BCUT2D eigenvalue weighted by atomic mass is 10.1. The zero-order valence-electron chi connectivity index (χ0n) is 21.5. The molecule has 2 N–H and O–H groups in total. The number of hydrogen-bond donors (Lipinski definition) is 2. The van der Waals surface area contributed by atoms with Gasteiger partial charge in [-0.1, -0.05) is 12.1 Å². The van der Waals surface area contributed by atoms with Crippen LogP contribution in [0.5, 0.6) is 0 Å². The second kappa shape index (κ2) is 9.89. The Morgan fingerprint density at radius 3 is 2.45 bits per heavy atom. The molecule has 5 heterocycles. The van der Waals surface area contributed by atoms with Crippen molar-refractivity contribution < 1.29 is 19.8 Å². The maximum atomic E-state index is 13.8. The number of fused-ring (bicyclic) bond motifs is 1. The normalized spacial score (nSPS) is 15.6. The predicted octanol–water partition coefficient (Wildman–Crippen LogP) is 2.83. The Labute approximate surface area is 227 Å². The minimum absolute atomic E-state index is 0.120. The average molecular weight is 540 g/mol. The number of carboxylic acid groups (broad SMARTS) is 2. The Bertz CT molecular complexity index is 1800. The summed E-state index contributed by atoms with van der Waals surface area (Å²) in [5.74, 6) is -1.37. The number of carboxylic acids is 2. The van der Waals surface area contributed by atoms with Gasteiger partial charge in [0.15, 0.2) is 5.65 Å². The molecule has 0 spiro atoms. The van der Waals surface area contributed by atoms with Gasteiger partial charge < -0.3 is 14.8 Å². The summed E-state index contributed by atoms with van der Waals surface area (Å²) >= 11 is 0. The molecule has 1 saturated heterocycles. The number of likely N-dealkylation sites (tertiary alicyclic amines) is 1. The lowest BCUT2D eigenvalue weighted by molar-refractivity contribution is 0.0679. The van der Waals surface area contributed by atoms with Gasteiger partial charge in [0.2, 0.25) is 0 Å². The Kier molecular flexibility index (Phi) is 6.23. The number of benzene rings is 1. The first-order valence-corrected chi connectivity index (χ1v) is 12.7. The van der Waals surface area contributed by atoms with Crippen LogP contribution in [0.3, 0.4) is 0 Å². The van der Waals surface area contributed by atoms with Gasteiger partial charge in [0.05, 0.1) is 47.4 Å². The topological polar surface area (TPSA) is 148 Å². The van der Waals surface area contributed by atoms with Crippen molar-refractivity contribution in [2.45, 2.75) is 19.0 Å². The van der Waals surface area contributed by atoms with Crippen molar-refractivity contribution in [3.05, 3.63) is 94.7 Å². The molecule has 6 rings (SSSR count). The fourth-order valence-corrected chi connectivity index (χ4v) is 5.26. The molecule has 5 aromatic rings. The summed E-state index contributed by atoms with van der Waals surface area (Å²) in [4.78, 5) is 51.9. The van der Waals surface area contributed by atoms with Crippen LogP contribution in [-0.2, 0) is 13.6 Å². The van der Waals surface area contributed by atoms with Crippen LogP contribution < -0.4 is 5.69 Å². The summed E-state index contributed by atoms with van der Waals surface area (Å²) in [5, 5.41) is 18.4. The first-order chi connectivity index (χ1) is 19.3. The molecule has 12 nitrogen and oxygen atoms in total. The van der Waals surface area contributed by atoms with Crippen molar-refractivity contribution in [2.75, 3.05) is 13.1 Å². The van der Waals surface area contributed by atoms with Gasteiger partial charge in [-0.05, 0) is 42.8 Å². The van der Waals surface area contributed by atoms with Crippen LogP contribution in [-0.4, -0.2) is 68.8 Å². The number of nitrogens with zero attached hydrogens (tertiary/aromatic N) is 7. The van der Waals surface area contributed by atoms with Crippen molar-refractivity contribution in [1.82, 2.24) is 33.6 Å². The smallest absolute Gasteiger partial charge is 0.354 e. The number of pyridine rings is 2. The minimum atomic E-state index is -1.02. The molecular weight excluding hydrogens is 514 g/mol. The molecule has 0 aliphatic carbocycles. The molecule has 1 atom stereocenters. The van der Waals surface area contributed by atoms with E-state index in [1.54, 1.807) is 57.4 Å². The van der Waals surface area contributed by atoms with Crippen molar-refractivity contribution in [1.29, 1.82) is 0 Å². The van der Waals surface area contributed by atoms with E-state index in [4.69, 9.17) is 5.11 Å².